The van der Waals surface area contributed by atoms with Crippen molar-refractivity contribution >= 4 is 29.0 Å². The van der Waals surface area contributed by atoms with Gasteiger partial charge < -0.3 is 20.7 Å². The minimum Gasteiger partial charge on any atom is -0.373 e. The van der Waals surface area contributed by atoms with Crippen LogP contribution in [-0.2, 0) is 4.74 Å². The molecule has 1 saturated heterocycles. The van der Waals surface area contributed by atoms with Gasteiger partial charge in [-0.2, -0.15) is 9.61 Å². The van der Waals surface area contributed by atoms with Crippen molar-refractivity contribution in [2.24, 2.45) is 0 Å². The molecule has 0 bridgehead atoms. The number of fused-ring (bicyclic) bond motifs is 1. The fraction of sp³-hybridized carbons (Fsp3) is 0.429. The van der Waals surface area contributed by atoms with Crippen LogP contribution in [0.4, 0.5) is 17.5 Å². The summed E-state index contributed by atoms with van der Waals surface area (Å²) in [5, 5.41) is 13.7. The maximum Gasteiger partial charge on any atom is 0.256 e. The van der Waals surface area contributed by atoms with Crippen LogP contribution in [0.2, 0.25) is 0 Å². The minimum atomic E-state index is -0.145. The van der Waals surface area contributed by atoms with E-state index in [4.69, 9.17) is 9.72 Å². The molecule has 1 amide bonds. The first-order valence-electron chi connectivity index (χ1n) is 10.4. The van der Waals surface area contributed by atoms with E-state index in [1.165, 1.54) is 0 Å². The summed E-state index contributed by atoms with van der Waals surface area (Å²) in [6.45, 7) is 0.778. The number of hydrogen-bond donors (Lipinski definition) is 3. The zero-order chi connectivity index (χ0) is 20.5. The zero-order valence-corrected chi connectivity index (χ0v) is 16.9. The molecule has 1 saturated carbocycles. The van der Waals surface area contributed by atoms with Crippen molar-refractivity contribution in [3.8, 4) is 0 Å². The smallest absolute Gasteiger partial charge is 0.256 e. The predicted octanol–water partition coefficient (Wildman–Crippen LogP) is 3.04. The van der Waals surface area contributed by atoms with Crippen LogP contribution in [0, 0.1) is 0 Å². The number of hydrogen-bond acceptors (Lipinski definition) is 7. The number of amides is 1. The van der Waals surface area contributed by atoms with Crippen molar-refractivity contribution in [3.63, 3.8) is 0 Å². The van der Waals surface area contributed by atoms with Gasteiger partial charge in [0.05, 0.1) is 18.0 Å². The summed E-state index contributed by atoms with van der Waals surface area (Å²) >= 11 is 0. The Bertz CT molecular complexity index is 1070. The van der Waals surface area contributed by atoms with Crippen LogP contribution in [0.3, 0.4) is 0 Å². The minimum absolute atomic E-state index is 0.0383. The zero-order valence-electron chi connectivity index (χ0n) is 16.9. The third-order valence-electron chi connectivity index (χ3n) is 5.42. The number of ether oxygens (including phenoxy) is 1. The molecule has 156 valence electrons. The second kappa shape index (κ2) is 7.91. The second-order valence-electron chi connectivity index (χ2n) is 7.75. The van der Waals surface area contributed by atoms with Crippen molar-refractivity contribution in [2.45, 2.75) is 44.2 Å². The Morgan fingerprint density at radius 3 is 2.83 bits per heavy atom. The van der Waals surface area contributed by atoms with Gasteiger partial charge in [-0.15, -0.1) is 0 Å². The Kier molecular flexibility index (Phi) is 4.96. The van der Waals surface area contributed by atoms with Crippen LogP contribution >= 0.6 is 0 Å². The lowest BCUT2D eigenvalue weighted by Crippen LogP contribution is -2.25. The molecule has 3 aromatic heterocycles. The Morgan fingerprint density at radius 2 is 2.07 bits per heavy atom. The van der Waals surface area contributed by atoms with E-state index in [0.29, 0.717) is 22.8 Å². The number of aromatic nitrogens is 4. The van der Waals surface area contributed by atoms with Gasteiger partial charge in [0.2, 0.25) is 0 Å². The molecule has 9 nitrogen and oxygen atoms in total. The quantitative estimate of drug-likeness (QED) is 0.577. The van der Waals surface area contributed by atoms with Gasteiger partial charge in [-0.3, -0.25) is 4.79 Å². The first-order chi connectivity index (χ1) is 14.7. The fourth-order valence-corrected chi connectivity index (χ4v) is 3.66. The van der Waals surface area contributed by atoms with Gasteiger partial charge in [-0.05, 0) is 44.2 Å². The summed E-state index contributed by atoms with van der Waals surface area (Å²) < 4.78 is 7.49. The highest BCUT2D eigenvalue weighted by Gasteiger charge is 2.26. The molecule has 1 aliphatic carbocycles. The Balaban J connectivity index is 1.44. The summed E-state index contributed by atoms with van der Waals surface area (Å²) in [4.78, 5) is 22.0. The van der Waals surface area contributed by atoms with Gasteiger partial charge in [0, 0.05) is 25.8 Å². The molecular weight excluding hydrogens is 382 g/mol. The molecule has 2 fully saturated rings. The molecule has 0 aromatic carbocycles. The van der Waals surface area contributed by atoms with Gasteiger partial charge in [0.15, 0.2) is 5.65 Å². The van der Waals surface area contributed by atoms with Gasteiger partial charge in [0.25, 0.3) is 5.91 Å². The van der Waals surface area contributed by atoms with Gasteiger partial charge in [0.1, 0.15) is 23.0 Å². The molecule has 2 aliphatic rings. The number of rotatable bonds is 6. The second-order valence-corrected chi connectivity index (χ2v) is 7.75. The molecule has 1 atom stereocenters. The van der Waals surface area contributed by atoms with Crippen molar-refractivity contribution in [3.05, 3.63) is 41.7 Å². The lowest BCUT2D eigenvalue weighted by atomic mass is 10.1. The van der Waals surface area contributed by atoms with E-state index >= 15 is 0 Å². The first kappa shape index (κ1) is 18.8. The molecule has 5 rings (SSSR count). The molecule has 3 aromatic rings. The van der Waals surface area contributed by atoms with Crippen LogP contribution in [0.5, 0.6) is 0 Å². The summed E-state index contributed by atoms with van der Waals surface area (Å²) in [6.07, 6.45) is 6.90. The molecule has 3 N–H and O–H groups in total. The summed E-state index contributed by atoms with van der Waals surface area (Å²) in [6, 6.07) is 7.97. The SMILES string of the molecule is CNc1cc(Nc2cccc([C@H]3CCCCO3)n2)nc2c(C(=O)NC3CC3)cnn12. The average Bonchev–Trinajstić information content (AvgIpc) is 3.49. The van der Waals surface area contributed by atoms with Gasteiger partial charge in [-0.25, -0.2) is 9.97 Å². The van der Waals surface area contributed by atoms with Crippen LogP contribution in [0.1, 0.15) is 54.3 Å². The molecule has 0 unspecified atom stereocenters. The van der Waals surface area contributed by atoms with Crippen molar-refractivity contribution in [2.75, 3.05) is 24.3 Å². The molecule has 9 heteroatoms. The maximum absolute atomic E-state index is 12.6. The van der Waals surface area contributed by atoms with Crippen molar-refractivity contribution in [1.82, 2.24) is 24.9 Å². The Hall–Kier alpha value is -3.20. The topological polar surface area (TPSA) is 105 Å². The highest BCUT2D eigenvalue weighted by molar-refractivity contribution is 6.00. The maximum atomic E-state index is 12.6. The molecule has 0 spiro atoms. The van der Waals surface area contributed by atoms with Gasteiger partial charge >= 0.3 is 0 Å². The van der Waals surface area contributed by atoms with E-state index in [1.807, 2.05) is 31.3 Å². The molecule has 0 radical (unpaired) electrons. The largest absolute Gasteiger partial charge is 0.373 e. The van der Waals surface area contributed by atoms with E-state index in [9.17, 15) is 4.79 Å². The Morgan fingerprint density at radius 1 is 1.17 bits per heavy atom. The van der Waals surface area contributed by atoms with E-state index < -0.39 is 0 Å². The molecule has 1 aliphatic heterocycles. The van der Waals surface area contributed by atoms with Gasteiger partial charge in [-0.1, -0.05) is 6.07 Å². The third-order valence-corrected chi connectivity index (χ3v) is 5.42. The lowest BCUT2D eigenvalue weighted by molar-refractivity contribution is 0.0124. The fourth-order valence-electron chi connectivity index (χ4n) is 3.66. The van der Waals surface area contributed by atoms with Crippen LogP contribution in [0.25, 0.3) is 5.65 Å². The van der Waals surface area contributed by atoms with Crippen LogP contribution in [0.15, 0.2) is 30.5 Å². The van der Waals surface area contributed by atoms with Crippen molar-refractivity contribution in [1.29, 1.82) is 0 Å². The monoisotopic (exact) mass is 407 g/mol. The third kappa shape index (κ3) is 3.80. The Labute approximate surface area is 174 Å². The van der Waals surface area contributed by atoms with E-state index in [1.54, 1.807) is 10.7 Å². The lowest BCUT2D eigenvalue weighted by Gasteiger charge is -2.22. The first-order valence-corrected chi connectivity index (χ1v) is 10.4. The summed E-state index contributed by atoms with van der Waals surface area (Å²) in [5.74, 6) is 1.85. The number of nitrogens with one attached hydrogen (secondary N) is 3. The highest BCUT2D eigenvalue weighted by atomic mass is 16.5. The van der Waals surface area contributed by atoms with E-state index in [0.717, 1.165) is 50.2 Å². The van der Waals surface area contributed by atoms with Crippen LogP contribution < -0.4 is 16.0 Å². The standard InChI is InChI=1S/C21H25N7O2/c1-22-19-11-18(26-17-7-4-5-15(25-17)16-6-2-3-10-30-16)27-20-14(12-23-28(19)20)21(29)24-13-8-9-13/h4-5,7,11-13,16,22H,2-3,6,8-10H2,1H3,(H,24,29)(H,25,26,27)/t16-/m1/s1. The number of pyridine rings is 1. The predicted molar refractivity (Wildman–Crippen MR) is 113 cm³/mol. The van der Waals surface area contributed by atoms with E-state index in [2.05, 4.69) is 26.0 Å². The normalized spacial score (nSPS) is 18.9. The number of nitrogens with zero attached hydrogens (tertiary/aromatic N) is 4. The van der Waals surface area contributed by atoms with E-state index in [-0.39, 0.29) is 18.1 Å². The number of carbonyl (C=O) groups is 1. The van der Waals surface area contributed by atoms with Crippen LogP contribution in [-0.4, -0.2) is 45.2 Å². The number of anilines is 3. The molecular formula is C21H25N7O2. The molecule has 30 heavy (non-hydrogen) atoms. The average molecular weight is 407 g/mol. The summed E-state index contributed by atoms with van der Waals surface area (Å²) in [7, 11) is 1.81. The van der Waals surface area contributed by atoms with Crippen molar-refractivity contribution < 1.29 is 9.53 Å². The number of carbonyl (C=O) groups excluding carboxylic acids is 1. The summed E-state index contributed by atoms with van der Waals surface area (Å²) in [5.41, 5.74) is 1.87. The highest BCUT2D eigenvalue weighted by Crippen LogP contribution is 2.28. The molecule has 4 heterocycles.